The highest BCUT2D eigenvalue weighted by Crippen LogP contribution is 2.33. The Balaban J connectivity index is 1.84. The van der Waals surface area contributed by atoms with Crippen LogP contribution >= 0.6 is 12.6 Å². The van der Waals surface area contributed by atoms with Crippen molar-refractivity contribution in [2.24, 2.45) is 5.11 Å². The van der Waals surface area contributed by atoms with Crippen LogP contribution in [-0.2, 0) is 14.2 Å². The summed E-state index contributed by atoms with van der Waals surface area (Å²) in [7, 11) is 0. The molecule has 2 aromatic carbocycles. The summed E-state index contributed by atoms with van der Waals surface area (Å²) in [4.78, 5) is 27.9. The van der Waals surface area contributed by atoms with Crippen LogP contribution < -0.4 is 0 Å². The van der Waals surface area contributed by atoms with Crippen LogP contribution in [0, 0.1) is 0 Å². The molecule has 0 amide bonds. The summed E-state index contributed by atoms with van der Waals surface area (Å²) in [6, 6.07) is 16.1. The molecule has 0 bridgehead atoms. The second kappa shape index (κ2) is 9.47. The standard InChI is InChI=1S/C20H19N3O5S/c1-12(22-23-21)15-16(26-18(24)13-8-4-2-5-9-13)17(20(29)28-15)27-19(25)14-10-6-3-7-11-14/h2-12,15-17,20,29H,1H3/t12-,15+,16?,17-,20-/m0/s1. The Morgan fingerprint density at radius 3 is 1.97 bits per heavy atom. The second-order valence-corrected chi connectivity index (χ2v) is 6.92. The number of nitrogens with zero attached hydrogens (tertiary/aromatic N) is 3. The first-order valence-electron chi connectivity index (χ1n) is 8.91. The third kappa shape index (κ3) is 4.89. The monoisotopic (exact) mass is 413 g/mol. The summed E-state index contributed by atoms with van der Waals surface area (Å²) in [5.74, 6) is -1.21. The van der Waals surface area contributed by atoms with Crippen LogP contribution in [0.5, 0.6) is 0 Å². The molecule has 0 radical (unpaired) electrons. The van der Waals surface area contributed by atoms with Crippen molar-refractivity contribution in [3.63, 3.8) is 0 Å². The van der Waals surface area contributed by atoms with Crippen molar-refractivity contribution in [1.29, 1.82) is 0 Å². The van der Waals surface area contributed by atoms with Gasteiger partial charge in [-0.15, -0.1) is 12.6 Å². The lowest BCUT2D eigenvalue weighted by Crippen LogP contribution is -2.42. The molecule has 1 unspecified atom stereocenters. The molecular formula is C20H19N3O5S. The quantitative estimate of drug-likeness (QED) is 0.255. The predicted molar refractivity (Wildman–Crippen MR) is 108 cm³/mol. The Bertz CT molecular complexity index is 905. The van der Waals surface area contributed by atoms with E-state index in [-0.39, 0.29) is 0 Å². The van der Waals surface area contributed by atoms with Crippen molar-refractivity contribution >= 4 is 24.6 Å². The molecular weight excluding hydrogens is 394 g/mol. The van der Waals surface area contributed by atoms with Crippen molar-refractivity contribution < 1.29 is 23.8 Å². The number of hydrogen-bond donors (Lipinski definition) is 1. The molecule has 5 atom stereocenters. The molecule has 2 aromatic rings. The number of hydrogen-bond acceptors (Lipinski definition) is 7. The summed E-state index contributed by atoms with van der Waals surface area (Å²) in [6.07, 6.45) is -2.81. The molecule has 0 spiro atoms. The van der Waals surface area contributed by atoms with E-state index in [1.807, 2.05) is 0 Å². The highest BCUT2D eigenvalue weighted by molar-refractivity contribution is 7.80. The minimum absolute atomic E-state index is 0.332. The van der Waals surface area contributed by atoms with Crippen molar-refractivity contribution in [2.45, 2.75) is 36.7 Å². The van der Waals surface area contributed by atoms with Crippen LogP contribution in [0.2, 0.25) is 0 Å². The average molecular weight is 413 g/mol. The lowest BCUT2D eigenvalue weighted by atomic mass is 10.1. The van der Waals surface area contributed by atoms with Crippen molar-refractivity contribution in [3.8, 4) is 0 Å². The van der Waals surface area contributed by atoms with E-state index < -0.39 is 41.7 Å². The molecule has 1 aliphatic heterocycles. The predicted octanol–water partition coefficient (Wildman–Crippen LogP) is 3.79. The first kappa shape index (κ1) is 20.7. The van der Waals surface area contributed by atoms with E-state index in [0.717, 1.165) is 0 Å². The molecule has 1 aliphatic rings. The zero-order valence-electron chi connectivity index (χ0n) is 15.5. The molecule has 150 valence electrons. The largest absolute Gasteiger partial charge is 0.452 e. The van der Waals surface area contributed by atoms with E-state index in [1.165, 1.54) is 0 Å². The van der Waals surface area contributed by atoms with Gasteiger partial charge >= 0.3 is 11.9 Å². The zero-order valence-corrected chi connectivity index (χ0v) is 16.4. The molecule has 9 heteroatoms. The van der Waals surface area contributed by atoms with Gasteiger partial charge in [0.2, 0.25) is 0 Å². The summed E-state index contributed by atoms with van der Waals surface area (Å²) in [5, 5.41) is 3.63. The van der Waals surface area contributed by atoms with Crippen LogP contribution in [0.25, 0.3) is 10.4 Å². The first-order chi connectivity index (χ1) is 14.0. The van der Waals surface area contributed by atoms with Gasteiger partial charge in [-0.25, -0.2) is 9.59 Å². The van der Waals surface area contributed by atoms with Crippen LogP contribution in [0.1, 0.15) is 27.6 Å². The number of esters is 2. The average Bonchev–Trinajstić information content (AvgIpc) is 3.05. The van der Waals surface area contributed by atoms with Crippen LogP contribution in [0.4, 0.5) is 0 Å². The Morgan fingerprint density at radius 1 is 1.00 bits per heavy atom. The number of carbonyl (C=O) groups excluding carboxylic acids is 2. The Morgan fingerprint density at radius 2 is 1.48 bits per heavy atom. The van der Waals surface area contributed by atoms with Gasteiger partial charge in [0.15, 0.2) is 12.2 Å². The normalized spacial score (nSPS) is 24.2. The second-order valence-electron chi connectivity index (χ2n) is 6.41. The highest BCUT2D eigenvalue weighted by Gasteiger charge is 2.50. The number of carbonyl (C=O) groups is 2. The van der Waals surface area contributed by atoms with Gasteiger partial charge in [-0.3, -0.25) is 0 Å². The lowest BCUT2D eigenvalue weighted by molar-refractivity contribution is -0.0321. The Labute approximate surface area is 172 Å². The zero-order chi connectivity index (χ0) is 20.8. The summed E-state index contributed by atoms with van der Waals surface area (Å²) >= 11 is 4.34. The van der Waals surface area contributed by atoms with Crippen LogP contribution in [0.3, 0.4) is 0 Å². The number of benzene rings is 2. The molecule has 8 nitrogen and oxygen atoms in total. The Kier molecular flexibility index (Phi) is 6.77. The third-order valence-electron chi connectivity index (χ3n) is 4.44. The lowest BCUT2D eigenvalue weighted by Gasteiger charge is -2.25. The first-order valence-corrected chi connectivity index (χ1v) is 9.42. The van der Waals surface area contributed by atoms with Crippen LogP contribution in [-0.4, -0.2) is 41.7 Å². The van der Waals surface area contributed by atoms with E-state index in [2.05, 4.69) is 22.7 Å². The third-order valence-corrected chi connectivity index (χ3v) is 4.86. The molecule has 0 aromatic heterocycles. The molecule has 1 fully saturated rings. The van der Waals surface area contributed by atoms with E-state index >= 15 is 0 Å². The van der Waals surface area contributed by atoms with Gasteiger partial charge in [-0.1, -0.05) is 48.4 Å². The summed E-state index contributed by atoms with van der Waals surface area (Å²) in [5.41, 5.74) is 8.57. The van der Waals surface area contributed by atoms with Gasteiger partial charge < -0.3 is 14.2 Å². The smallest absolute Gasteiger partial charge is 0.338 e. The number of rotatable bonds is 6. The molecule has 0 aliphatic carbocycles. The molecule has 0 N–H and O–H groups in total. The maximum atomic E-state index is 12.6. The summed E-state index contributed by atoms with van der Waals surface area (Å²) in [6.45, 7) is 1.62. The van der Waals surface area contributed by atoms with Crippen molar-refractivity contribution in [1.82, 2.24) is 0 Å². The molecule has 29 heavy (non-hydrogen) atoms. The molecule has 0 saturated carbocycles. The van der Waals surface area contributed by atoms with E-state index in [1.54, 1.807) is 67.6 Å². The number of azide groups is 1. The van der Waals surface area contributed by atoms with Gasteiger partial charge in [0.05, 0.1) is 17.2 Å². The number of thiol groups is 1. The maximum absolute atomic E-state index is 12.6. The minimum Gasteiger partial charge on any atom is -0.452 e. The SMILES string of the molecule is C[C@H](N=[N+]=[N-])[C@H]1O[C@@H](S)[C@@H](OC(=O)c2ccccc2)C1OC(=O)c1ccccc1. The topological polar surface area (TPSA) is 111 Å². The molecule has 1 saturated heterocycles. The van der Waals surface area contributed by atoms with Gasteiger partial charge in [0.1, 0.15) is 11.5 Å². The van der Waals surface area contributed by atoms with Crippen LogP contribution in [0.15, 0.2) is 65.8 Å². The van der Waals surface area contributed by atoms with E-state index in [4.69, 9.17) is 19.7 Å². The van der Waals surface area contributed by atoms with E-state index in [0.29, 0.717) is 11.1 Å². The summed E-state index contributed by atoms with van der Waals surface area (Å²) < 4.78 is 16.9. The van der Waals surface area contributed by atoms with Gasteiger partial charge in [0, 0.05) is 4.91 Å². The van der Waals surface area contributed by atoms with Crippen molar-refractivity contribution in [2.75, 3.05) is 0 Å². The number of ether oxygens (including phenoxy) is 3. The Hall–Kier alpha value is -3.00. The van der Waals surface area contributed by atoms with Crippen molar-refractivity contribution in [3.05, 3.63) is 82.2 Å². The van der Waals surface area contributed by atoms with Gasteiger partial charge in [-0.05, 0) is 29.8 Å². The fraction of sp³-hybridized carbons (Fsp3) is 0.300. The maximum Gasteiger partial charge on any atom is 0.338 e. The van der Waals surface area contributed by atoms with Gasteiger partial charge in [-0.2, -0.15) is 0 Å². The highest BCUT2D eigenvalue weighted by atomic mass is 32.1. The minimum atomic E-state index is -1.00. The van der Waals surface area contributed by atoms with E-state index in [9.17, 15) is 9.59 Å². The molecule has 3 rings (SSSR count). The fourth-order valence-electron chi connectivity index (χ4n) is 2.99. The molecule has 1 heterocycles. The fourth-order valence-corrected chi connectivity index (χ4v) is 3.36. The van der Waals surface area contributed by atoms with Gasteiger partial charge in [0.25, 0.3) is 0 Å².